The van der Waals surface area contributed by atoms with Gasteiger partial charge in [-0.15, -0.1) is 0 Å². The molecule has 0 aliphatic rings. The average molecular weight is 258 g/mol. The van der Waals surface area contributed by atoms with Crippen LogP contribution in [0.15, 0.2) is 0 Å². The molecule has 0 saturated carbocycles. The molecule has 0 heterocycles. The molecular formula is C7H9Cl2NO5. The third-order valence-electron chi connectivity index (χ3n) is 1.49. The van der Waals surface area contributed by atoms with Gasteiger partial charge in [0.05, 0.1) is 12.3 Å². The maximum Gasteiger partial charge on any atom is 0.308 e. The monoisotopic (exact) mass is 257 g/mol. The molecule has 15 heavy (non-hydrogen) atoms. The largest absolute Gasteiger partial charge is 0.481 e. The van der Waals surface area contributed by atoms with Gasteiger partial charge in [0.1, 0.15) is 0 Å². The number of halogens is 2. The molecule has 0 rings (SSSR count). The van der Waals surface area contributed by atoms with E-state index in [0.29, 0.717) is 0 Å². The molecule has 6 nitrogen and oxygen atoms in total. The zero-order chi connectivity index (χ0) is 12.0. The van der Waals surface area contributed by atoms with Crippen LogP contribution in [0, 0.1) is 5.92 Å². The lowest BCUT2D eigenvalue weighted by Crippen LogP contribution is -2.36. The first-order chi connectivity index (χ1) is 6.84. The van der Waals surface area contributed by atoms with E-state index in [0.717, 1.165) is 0 Å². The number of hydrogen-bond acceptors (Lipinski definition) is 3. The number of rotatable bonds is 6. The third kappa shape index (κ3) is 6.14. The van der Waals surface area contributed by atoms with E-state index in [1.54, 1.807) is 0 Å². The van der Waals surface area contributed by atoms with Crippen molar-refractivity contribution in [2.24, 2.45) is 5.92 Å². The van der Waals surface area contributed by atoms with Gasteiger partial charge in [-0.2, -0.15) is 0 Å². The van der Waals surface area contributed by atoms with Crippen molar-refractivity contribution in [1.29, 1.82) is 0 Å². The number of carbonyl (C=O) groups excluding carboxylic acids is 1. The number of amides is 1. The molecule has 0 aromatic heterocycles. The van der Waals surface area contributed by atoms with Gasteiger partial charge < -0.3 is 15.5 Å². The molecule has 0 spiro atoms. The van der Waals surface area contributed by atoms with Crippen LogP contribution in [0.25, 0.3) is 0 Å². The van der Waals surface area contributed by atoms with Crippen molar-refractivity contribution in [3.8, 4) is 0 Å². The summed E-state index contributed by atoms with van der Waals surface area (Å²) in [6.07, 6.45) is -0.579. The Labute approximate surface area is 95.2 Å². The standard InChI is InChI=1S/C7H9Cl2NO5/c8-5(9)6(13)10-2-3(7(14)15)1-4(11)12/h3,5H,1-2H2,(H,10,13)(H,11,12)(H,14,15). The molecule has 0 aliphatic carbocycles. The van der Waals surface area contributed by atoms with Crippen LogP contribution >= 0.6 is 23.2 Å². The fourth-order valence-corrected chi connectivity index (χ4v) is 0.913. The Bertz CT molecular complexity index is 268. The number of carbonyl (C=O) groups is 3. The van der Waals surface area contributed by atoms with Gasteiger partial charge in [-0.1, -0.05) is 23.2 Å². The highest BCUT2D eigenvalue weighted by molar-refractivity contribution is 6.53. The Kier molecular flexibility index (Phi) is 6.03. The fourth-order valence-electron chi connectivity index (χ4n) is 0.759. The first kappa shape index (κ1) is 14.0. The minimum absolute atomic E-state index is 0.323. The predicted molar refractivity (Wildman–Crippen MR) is 51.9 cm³/mol. The van der Waals surface area contributed by atoms with Crippen LogP contribution in [0.1, 0.15) is 6.42 Å². The molecule has 8 heteroatoms. The van der Waals surface area contributed by atoms with Crippen molar-refractivity contribution >= 4 is 41.0 Å². The van der Waals surface area contributed by atoms with E-state index in [4.69, 9.17) is 33.4 Å². The zero-order valence-corrected chi connectivity index (χ0v) is 8.96. The summed E-state index contributed by atoms with van der Waals surface area (Å²) in [6.45, 7) is -0.323. The summed E-state index contributed by atoms with van der Waals surface area (Å²) >= 11 is 10.4. The molecule has 1 atom stereocenters. The smallest absolute Gasteiger partial charge is 0.308 e. The Morgan fingerprint density at radius 2 is 1.73 bits per heavy atom. The van der Waals surface area contributed by atoms with Gasteiger partial charge in [-0.25, -0.2) is 0 Å². The van der Waals surface area contributed by atoms with Gasteiger partial charge >= 0.3 is 11.9 Å². The molecule has 86 valence electrons. The Morgan fingerprint density at radius 1 is 1.20 bits per heavy atom. The SMILES string of the molecule is O=C(O)CC(CNC(=O)C(Cl)Cl)C(=O)O. The molecule has 0 radical (unpaired) electrons. The number of alkyl halides is 2. The molecule has 3 N–H and O–H groups in total. The summed E-state index contributed by atoms with van der Waals surface area (Å²) in [5, 5.41) is 19.1. The maximum atomic E-state index is 10.8. The van der Waals surface area contributed by atoms with Gasteiger partial charge in [-0.3, -0.25) is 14.4 Å². The van der Waals surface area contributed by atoms with E-state index in [9.17, 15) is 14.4 Å². The molecular weight excluding hydrogens is 249 g/mol. The minimum Gasteiger partial charge on any atom is -0.481 e. The highest BCUT2D eigenvalue weighted by atomic mass is 35.5. The maximum absolute atomic E-state index is 10.8. The number of nitrogens with one attached hydrogen (secondary N) is 1. The molecule has 0 aliphatic heterocycles. The van der Waals surface area contributed by atoms with Crippen LogP contribution in [-0.4, -0.2) is 39.4 Å². The second-order valence-electron chi connectivity index (χ2n) is 2.68. The Balaban J connectivity index is 4.13. The van der Waals surface area contributed by atoms with Crippen molar-refractivity contribution in [3.05, 3.63) is 0 Å². The van der Waals surface area contributed by atoms with E-state index in [1.165, 1.54) is 0 Å². The molecule has 0 aromatic carbocycles. The Hall–Kier alpha value is -1.01. The molecule has 1 amide bonds. The van der Waals surface area contributed by atoms with E-state index >= 15 is 0 Å². The van der Waals surface area contributed by atoms with E-state index in [-0.39, 0.29) is 6.54 Å². The highest BCUT2D eigenvalue weighted by Gasteiger charge is 2.22. The van der Waals surface area contributed by atoms with Crippen molar-refractivity contribution in [2.45, 2.75) is 11.3 Å². The van der Waals surface area contributed by atoms with Crippen molar-refractivity contribution in [2.75, 3.05) is 6.54 Å². The van der Waals surface area contributed by atoms with Gasteiger partial charge in [-0.05, 0) is 0 Å². The fraction of sp³-hybridized carbons (Fsp3) is 0.571. The molecule has 1 unspecified atom stereocenters. The summed E-state index contributed by atoms with van der Waals surface area (Å²) in [5.74, 6) is -4.52. The normalized spacial score (nSPS) is 12.2. The summed E-state index contributed by atoms with van der Waals surface area (Å²) in [6, 6.07) is 0. The van der Waals surface area contributed by atoms with Crippen LogP contribution in [0.3, 0.4) is 0 Å². The van der Waals surface area contributed by atoms with Crippen LogP contribution in [0.5, 0.6) is 0 Å². The molecule has 0 aromatic rings. The van der Waals surface area contributed by atoms with Crippen molar-refractivity contribution in [3.63, 3.8) is 0 Å². The molecule has 0 bridgehead atoms. The number of hydrogen-bond donors (Lipinski definition) is 3. The Morgan fingerprint density at radius 3 is 2.07 bits per heavy atom. The summed E-state index contributed by atoms with van der Waals surface area (Å²) in [7, 11) is 0. The van der Waals surface area contributed by atoms with Crippen LogP contribution in [0.2, 0.25) is 0 Å². The second-order valence-corrected chi connectivity index (χ2v) is 3.78. The first-order valence-electron chi connectivity index (χ1n) is 3.85. The predicted octanol–water partition coefficient (Wildman–Crippen LogP) is 0.0818. The quantitative estimate of drug-likeness (QED) is 0.585. The number of aliphatic carboxylic acids is 2. The van der Waals surface area contributed by atoms with Gasteiger partial charge in [0.15, 0.2) is 4.84 Å². The van der Waals surface area contributed by atoms with E-state index in [1.807, 2.05) is 0 Å². The van der Waals surface area contributed by atoms with E-state index < -0.39 is 35.0 Å². The summed E-state index contributed by atoms with van der Waals surface area (Å²) in [5.41, 5.74) is 0. The summed E-state index contributed by atoms with van der Waals surface area (Å²) < 4.78 is 0. The van der Waals surface area contributed by atoms with Crippen molar-refractivity contribution in [1.82, 2.24) is 5.32 Å². The van der Waals surface area contributed by atoms with E-state index in [2.05, 4.69) is 5.32 Å². The lowest BCUT2D eigenvalue weighted by Gasteiger charge is -2.11. The number of carboxylic acids is 2. The lowest BCUT2D eigenvalue weighted by atomic mass is 10.1. The van der Waals surface area contributed by atoms with Crippen LogP contribution < -0.4 is 5.32 Å². The third-order valence-corrected chi connectivity index (χ3v) is 1.89. The second kappa shape index (κ2) is 6.47. The van der Waals surface area contributed by atoms with Gasteiger partial charge in [0.2, 0.25) is 0 Å². The van der Waals surface area contributed by atoms with Crippen molar-refractivity contribution < 1.29 is 24.6 Å². The minimum atomic E-state index is -1.31. The van der Waals surface area contributed by atoms with Gasteiger partial charge in [0.25, 0.3) is 5.91 Å². The van der Waals surface area contributed by atoms with Gasteiger partial charge in [0, 0.05) is 6.54 Å². The van der Waals surface area contributed by atoms with Crippen LogP contribution in [0.4, 0.5) is 0 Å². The number of carboxylic acid groups (broad SMARTS) is 2. The summed E-state index contributed by atoms with van der Waals surface area (Å²) in [4.78, 5) is 30.3. The topological polar surface area (TPSA) is 104 Å². The molecule has 0 fully saturated rings. The average Bonchev–Trinajstić information content (AvgIpc) is 2.10. The first-order valence-corrected chi connectivity index (χ1v) is 4.72. The lowest BCUT2D eigenvalue weighted by molar-refractivity contribution is -0.148. The van der Waals surface area contributed by atoms with Crippen LogP contribution in [-0.2, 0) is 14.4 Å². The molecule has 0 saturated heterocycles. The highest BCUT2D eigenvalue weighted by Crippen LogP contribution is 2.04. The zero-order valence-electron chi connectivity index (χ0n) is 7.44.